The third-order valence-corrected chi connectivity index (χ3v) is 6.61. The Bertz CT molecular complexity index is 1300. The Hall–Kier alpha value is -2.97. The molecule has 0 aliphatic carbocycles. The second kappa shape index (κ2) is 9.26. The third-order valence-electron chi connectivity index (χ3n) is 5.24. The number of nitrogens with zero attached hydrogens (tertiary/aromatic N) is 3. The van der Waals surface area contributed by atoms with Crippen LogP contribution in [-0.4, -0.2) is 31.1 Å². The molecule has 1 amide bonds. The van der Waals surface area contributed by atoms with E-state index in [0.29, 0.717) is 39.3 Å². The highest BCUT2D eigenvalue weighted by atomic mass is 32.2. The fourth-order valence-corrected chi connectivity index (χ4v) is 4.70. The Kier molecular flexibility index (Phi) is 6.43. The molecule has 164 valence electrons. The van der Waals surface area contributed by atoms with E-state index in [9.17, 15) is 9.59 Å². The van der Waals surface area contributed by atoms with Crippen molar-refractivity contribution >= 4 is 51.7 Å². The molecule has 1 N–H and O–H groups in total. The van der Waals surface area contributed by atoms with Crippen LogP contribution in [0.15, 0.2) is 52.3 Å². The zero-order chi connectivity index (χ0) is 22.8. The first-order chi connectivity index (χ1) is 15.4. The van der Waals surface area contributed by atoms with E-state index in [1.54, 1.807) is 17.2 Å². The molecule has 0 radical (unpaired) electrons. The normalized spacial score (nSPS) is 15.2. The minimum atomic E-state index is -0.221. The van der Waals surface area contributed by atoms with Crippen molar-refractivity contribution < 1.29 is 4.79 Å². The molecule has 3 heterocycles. The van der Waals surface area contributed by atoms with Crippen LogP contribution in [0, 0.1) is 13.8 Å². The van der Waals surface area contributed by atoms with E-state index in [0.717, 1.165) is 23.1 Å². The lowest BCUT2D eigenvalue weighted by Crippen LogP contribution is -2.27. The minimum absolute atomic E-state index is 0.198. The number of carbonyl (C=O) groups excluding carboxylic acids is 1. The first-order valence-corrected chi connectivity index (χ1v) is 11.7. The van der Waals surface area contributed by atoms with Crippen molar-refractivity contribution in [1.82, 2.24) is 14.3 Å². The number of carbonyl (C=O) groups is 1. The van der Waals surface area contributed by atoms with Gasteiger partial charge in [0.05, 0.1) is 17.0 Å². The fraction of sp³-hybridized carbons (Fsp3) is 0.250. The van der Waals surface area contributed by atoms with Gasteiger partial charge in [-0.1, -0.05) is 66.8 Å². The number of fused-ring (bicyclic) bond motifs is 1. The highest BCUT2D eigenvalue weighted by Crippen LogP contribution is 2.34. The number of anilines is 1. The highest BCUT2D eigenvalue weighted by molar-refractivity contribution is 8.26. The number of rotatable bonds is 6. The maximum atomic E-state index is 13.3. The highest BCUT2D eigenvalue weighted by Gasteiger charge is 2.32. The maximum absolute atomic E-state index is 13.3. The standard InChI is InChI=1S/C24H24N4O2S2/c1-4-11-25-20-18(22(29)27-12-5-6-16(3)21(27)26-20)13-19-23(30)28(24(31)32-19)14-17-9-7-15(2)8-10-17/h5-10,12-13,25H,4,11,14H2,1-3H3. The van der Waals surface area contributed by atoms with Crippen LogP contribution < -0.4 is 10.9 Å². The summed E-state index contributed by atoms with van der Waals surface area (Å²) in [7, 11) is 0. The van der Waals surface area contributed by atoms with Crippen molar-refractivity contribution in [3.8, 4) is 0 Å². The van der Waals surface area contributed by atoms with Crippen LogP contribution in [0.5, 0.6) is 0 Å². The lowest BCUT2D eigenvalue weighted by molar-refractivity contribution is -0.122. The lowest BCUT2D eigenvalue weighted by atomic mass is 10.1. The predicted octanol–water partition coefficient (Wildman–Crippen LogP) is 4.53. The number of aromatic nitrogens is 2. The van der Waals surface area contributed by atoms with Gasteiger partial charge in [-0.2, -0.15) is 0 Å². The molecule has 1 saturated heterocycles. The van der Waals surface area contributed by atoms with Crippen LogP contribution >= 0.6 is 24.0 Å². The minimum Gasteiger partial charge on any atom is -0.369 e. The molecule has 1 aliphatic rings. The zero-order valence-electron chi connectivity index (χ0n) is 18.2. The van der Waals surface area contributed by atoms with Gasteiger partial charge in [0.15, 0.2) is 0 Å². The molecule has 32 heavy (non-hydrogen) atoms. The second-order valence-electron chi connectivity index (χ2n) is 7.74. The van der Waals surface area contributed by atoms with Gasteiger partial charge in [-0.05, 0) is 43.5 Å². The number of thiocarbonyl (C=S) groups is 1. The summed E-state index contributed by atoms with van der Waals surface area (Å²) in [5.74, 6) is 0.283. The van der Waals surface area contributed by atoms with Crippen LogP contribution in [-0.2, 0) is 11.3 Å². The van der Waals surface area contributed by atoms with Crippen LogP contribution in [0.4, 0.5) is 5.82 Å². The molecule has 8 heteroatoms. The summed E-state index contributed by atoms with van der Waals surface area (Å²) in [6.07, 6.45) is 4.20. The van der Waals surface area contributed by atoms with Crippen molar-refractivity contribution in [3.05, 3.63) is 80.1 Å². The number of nitrogens with one attached hydrogen (secondary N) is 1. The first-order valence-electron chi connectivity index (χ1n) is 10.5. The molecular formula is C24H24N4O2S2. The van der Waals surface area contributed by atoms with Crippen molar-refractivity contribution in [2.24, 2.45) is 0 Å². The lowest BCUT2D eigenvalue weighted by Gasteiger charge is -2.14. The average molecular weight is 465 g/mol. The molecule has 0 bridgehead atoms. The third kappa shape index (κ3) is 4.33. The molecule has 1 aromatic carbocycles. The Morgan fingerprint density at radius 3 is 2.62 bits per heavy atom. The van der Waals surface area contributed by atoms with Gasteiger partial charge in [-0.15, -0.1) is 0 Å². The molecule has 6 nitrogen and oxygen atoms in total. The van der Waals surface area contributed by atoms with E-state index in [1.165, 1.54) is 16.2 Å². The smallest absolute Gasteiger partial charge is 0.267 e. The van der Waals surface area contributed by atoms with Crippen molar-refractivity contribution in [2.45, 2.75) is 33.7 Å². The van der Waals surface area contributed by atoms with E-state index in [-0.39, 0.29) is 11.5 Å². The summed E-state index contributed by atoms with van der Waals surface area (Å²) in [6.45, 7) is 7.05. The molecule has 2 aromatic heterocycles. The maximum Gasteiger partial charge on any atom is 0.267 e. The Morgan fingerprint density at radius 1 is 1.16 bits per heavy atom. The topological polar surface area (TPSA) is 66.7 Å². The van der Waals surface area contributed by atoms with E-state index in [2.05, 4.69) is 5.32 Å². The Morgan fingerprint density at radius 2 is 1.91 bits per heavy atom. The molecule has 4 rings (SSSR count). The Labute approximate surface area is 196 Å². The number of pyridine rings is 1. The number of hydrogen-bond acceptors (Lipinski definition) is 6. The van der Waals surface area contributed by atoms with Gasteiger partial charge >= 0.3 is 0 Å². The number of aryl methyl sites for hydroxylation is 2. The molecule has 3 aromatic rings. The van der Waals surface area contributed by atoms with E-state index in [4.69, 9.17) is 17.2 Å². The van der Waals surface area contributed by atoms with E-state index < -0.39 is 0 Å². The van der Waals surface area contributed by atoms with Gasteiger partial charge < -0.3 is 5.32 Å². The monoisotopic (exact) mass is 464 g/mol. The van der Waals surface area contributed by atoms with Crippen LogP contribution in [0.1, 0.15) is 35.6 Å². The number of thioether (sulfide) groups is 1. The number of hydrogen-bond donors (Lipinski definition) is 1. The van der Waals surface area contributed by atoms with Crippen molar-refractivity contribution in [2.75, 3.05) is 11.9 Å². The molecule has 0 saturated carbocycles. The summed E-state index contributed by atoms with van der Waals surface area (Å²) >= 11 is 6.69. The SMILES string of the molecule is CCCNc1nc2c(C)cccn2c(=O)c1C=C1SC(=S)N(Cc2ccc(C)cc2)C1=O. The van der Waals surface area contributed by atoms with Gasteiger partial charge in [-0.25, -0.2) is 4.98 Å². The number of amides is 1. The summed E-state index contributed by atoms with van der Waals surface area (Å²) in [5, 5.41) is 3.24. The van der Waals surface area contributed by atoms with Crippen molar-refractivity contribution in [3.63, 3.8) is 0 Å². The summed E-state index contributed by atoms with van der Waals surface area (Å²) in [5.41, 5.74) is 3.80. The summed E-state index contributed by atoms with van der Waals surface area (Å²) < 4.78 is 2.00. The van der Waals surface area contributed by atoms with Gasteiger partial charge in [0.25, 0.3) is 11.5 Å². The van der Waals surface area contributed by atoms with Gasteiger partial charge in [0.1, 0.15) is 15.8 Å². The van der Waals surface area contributed by atoms with Crippen LogP contribution in [0.25, 0.3) is 11.7 Å². The molecule has 0 spiro atoms. The summed E-state index contributed by atoms with van der Waals surface area (Å²) in [6, 6.07) is 11.7. The number of benzene rings is 1. The zero-order valence-corrected chi connectivity index (χ0v) is 19.8. The molecule has 0 atom stereocenters. The van der Waals surface area contributed by atoms with Crippen molar-refractivity contribution in [1.29, 1.82) is 0 Å². The van der Waals surface area contributed by atoms with E-state index in [1.807, 2.05) is 57.2 Å². The largest absolute Gasteiger partial charge is 0.369 e. The van der Waals surface area contributed by atoms with E-state index >= 15 is 0 Å². The predicted molar refractivity (Wildman–Crippen MR) is 135 cm³/mol. The van der Waals surface area contributed by atoms with Gasteiger partial charge in [0, 0.05) is 12.7 Å². The second-order valence-corrected chi connectivity index (χ2v) is 9.42. The van der Waals surface area contributed by atoms with Crippen LogP contribution in [0.3, 0.4) is 0 Å². The van der Waals surface area contributed by atoms with Gasteiger partial charge in [0.2, 0.25) is 0 Å². The molecule has 0 unspecified atom stereocenters. The molecule has 1 fully saturated rings. The average Bonchev–Trinajstić information content (AvgIpc) is 3.04. The molecule has 1 aliphatic heterocycles. The molecular weight excluding hydrogens is 440 g/mol. The fourth-order valence-electron chi connectivity index (χ4n) is 3.46. The van der Waals surface area contributed by atoms with Gasteiger partial charge in [-0.3, -0.25) is 18.9 Å². The van der Waals surface area contributed by atoms with Crippen LogP contribution in [0.2, 0.25) is 0 Å². The quantitative estimate of drug-likeness (QED) is 0.427. The first kappa shape index (κ1) is 22.2. The summed E-state index contributed by atoms with van der Waals surface area (Å²) in [4.78, 5) is 33.2. The Balaban J connectivity index is 1.74.